The van der Waals surface area contributed by atoms with Crippen molar-refractivity contribution in [1.29, 1.82) is 0 Å². The summed E-state index contributed by atoms with van der Waals surface area (Å²) in [4.78, 5) is 15.2. The van der Waals surface area contributed by atoms with Crippen LogP contribution in [0.15, 0.2) is 47.8 Å². The van der Waals surface area contributed by atoms with Gasteiger partial charge in [-0.25, -0.2) is 4.98 Å². The number of carbonyl (C=O) groups is 1. The normalized spacial score (nSPS) is 10.5. The van der Waals surface area contributed by atoms with Gasteiger partial charge < -0.3 is 15.2 Å². The van der Waals surface area contributed by atoms with Crippen LogP contribution in [0.1, 0.15) is 10.4 Å². The summed E-state index contributed by atoms with van der Waals surface area (Å²) in [5.74, 6) is -1.20. The number of thiazole rings is 1. The van der Waals surface area contributed by atoms with Gasteiger partial charge in [-0.05, 0) is 29.8 Å². The number of carboxylic acid groups (broad SMARTS) is 1. The third-order valence-corrected chi connectivity index (χ3v) is 4.59. The summed E-state index contributed by atoms with van der Waals surface area (Å²) in [6.07, 6.45) is 0. The molecule has 0 spiro atoms. The van der Waals surface area contributed by atoms with E-state index in [0.29, 0.717) is 15.2 Å². The Hall–Kier alpha value is -2.08. The number of benzene rings is 2. The second-order valence-electron chi connectivity index (χ2n) is 4.66. The second kappa shape index (κ2) is 6.58. The second-order valence-corrected chi connectivity index (χ2v) is 6.33. The lowest BCUT2D eigenvalue weighted by Gasteiger charge is -2.05. The Kier molecular flexibility index (Phi) is 4.52. The van der Waals surface area contributed by atoms with Crippen molar-refractivity contribution in [1.82, 2.24) is 4.98 Å². The molecule has 0 saturated heterocycles. The third-order valence-electron chi connectivity index (χ3n) is 3.09. The van der Waals surface area contributed by atoms with Crippen LogP contribution in [0.25, 0.3) is 11.3 Å². The fourth-order valence-electron chi connectivity index (χ4n) is 1.93. The number of rotatable bonds is 4. The van der Waals surface area contributed by atoms with Crippen molar-refractivity contribution < 1.29 is 9.90 Å². The minimum atomic E-state index is -1.20. The molecule has 1 N–H and O–H groups in total. The van der Waals surface area contributed by atoms with Gasteiger partial charge in [0, 0.05) is 16.6 Å². The Morgan fingerprint density at radius 1 is 1.09 bits per heavy atom. The first-order valence-corrected chi connectivity index (χ1v) is 8.16. The minimum absolute atomic E-state index is 0.131. The molecule has 1 aromatic heterocycles. The van der Waals surface area contributed by atoms with E-state index in [-0.39, 0.29) is 5.56 Å². The molecule has 0 aliphatic carbocycles. The van der Waals surface area contributed by atoms with Gasteiger partial charge in [-0.3, -0.25) is 0 Å². The van der Waals surface area contributed by atoms with E-state index in [2.05, 4.69) is 10.3 Å². The predicted octanol–water partition coefficient (Wildman–Crippen LogP) is 4.22. The summed E-state index contributed by atoms with van der Waals surface area (Å²) in [6.45, 7) is 0. The zero-order valence-electron chi connectivity index (χ0n) is 11.5. The van der Waals surface area contributed by atoms with Gasteiger partial charge in [0.2, 0.25) is 0 Å². The van der Waals surface area contributed by atoms with E-state index >= 15 is 0 Å². The Morgan fingerprint density at radius 3 is 2.48 bits per heavy atom. The average molecular weight is 364 g/mol. The first-order chi connectivity index (χ1) is 11.0. The fourth-order valence-corrected chi connectivity index (χ4v) is 2.97. The first-order valence-electron chi connectivity index (χ1n) is 6.52. The number of aromatic nitrogens is 1. The van der Waals surface area contributed by atoms with Crippen LogP contribution in [0, 0.1) is 0 Å². The number of hydrogen-bond acceptors (Lipinski definition) is 5. The SMILES string of the molecule is O=C([O-])c1ccc(Nc2nc(-c3ccc(Cl)c(Cl)c3)cs2)cc1. The highest BCUT2D eigenvalue weighted by Gasteiger charge is 2.07. The maximum absolute atomic E-state index is 10.7. The molecule has 0 aliphatic heterocycles. The molecular formula is C16H9Cl2N2O2S-. The average Bonchev–Trinajstić information content (AvgIpc) is 2.99. The first kappa shape index (κ1) is 15.8. The van der Waals surface area contributed by atoms with Crippen molar-refractivity contribution in [3.63, 3.8) is 0 Å². The van der Waals surface area contributed by atoms with Crippen LogP contribution in [0.4, 0.5) is 10.8 Å². The summed E-state index contributed by atoms with van der Waals surface area (Å²) in [5.41, 5.74) is 2.52. The number of nitrogens with one attached hydrogen (secondary N) is 1. The van der Waals surface area contributed by atoms with Crippen LogP contribution in [0.3, 0.4) is 0 Å². The van der Waals surface area contributed by atoms with Crippen molar-refractivity contribution in [2.75, 3.05) is 5.32 Å². The van der Waals surface area contributed by atoms with Crippen LogP contribution in [-0.4, -0.2) is 11.0 Å². The molecule has 7 heteroatoms. The van der Waals surface area contributed by atoms with E-state index < -0.39 is 5.97 Å². The van der Waals surface area contributed by atoms with Gasteiger partial charge in [0.1, 0.15) is 0 Å². The van der Waals surface area contributed by atoms with E-state index in [1.54, 1.807) is 24.3 Å². The van der Waals surface area contributed by atoms with Crippen molar-refractivity contribution in [3.8, 4) is 11.3 Å². The van der Waals surface area contributed by atoms with Crippen LogP contribution >= 0.6 is 34.5 Å². The molecule has 0 bridgehead atoms. The number of carbonyl (C=O) groups excluding carboxylic acids is 1. The molecule has 0 amide bonds. The maximum Gasteiger partial charge on any atom is 0.187 e. The van der Waals surface area contributed by atoms with E-state index in [4.69, 9.17) is 23.2 Å². The molecular weight excluding hydrogens is 355 g/mol. The number of hydrogen-bond donors (Lipinski definition) is 1. The van der Waals surface area contributed by atoms with Gasteiger partial charge in [-0.2, -0.15) is 0 Å². The zero-order valence-corrected chi connectivity index (χ0v) is 13.9. The van der Waals surface area contributed by atoms with Crippen LogP contribution in [0.5, 0.6) is 0 Å². The molecule has 116 valence electrons. The standard InChI is InChI=1S/C16H10Cl2N2O2S/c17-12-6-3-10(7-13(12)18)14-8-23-16(20-14)19-11-4-1-9(2-5-11)15(21)22/h1-8H,(H,19,20)(H,21,22)/p-1. The highest BCUT2D eigenvalue weighted by atomic mass is 35.5. The quantitative estimate of drug-likeness (QED) is 0.753. The molecule has 3 rings (SSSR count). The van der Waals surface area contributed by atoms with Crippen LogP contribution in [-0.2, 0) is 0 Å². The molecule has 0 aliphatic rings. The van der Waals surface area contributed by atoms with Crippen LogP contribution < -0.4 is 10.4 Å². The predicted molar refractivity (Wildman–Crippen MR) is 91.6 cm³/mol. The lowest BCUT2D eigenvalue weighted by Crippen LogP contribution is -2.21. The summed E-state index contributed by atoms with van der Waals surface area (Å²) >= 11 is 13.4. The monoisotopic (exact) mass is 363 g/mol. The highest BCUT2D eigenvalue weighted by Crippen LogP contribution is 2.31. The molecule has 4 nitrogen and oxygen atoms in total. The summed E-state index contributed by atoms with van der Waals surface area (Å²) in [6, 6.07) is 11.6. The number of nitrogens with zero attached hydrogens (tertiary/aromatic N) is 1. The number of aromatic carboxylic acids is 1. The molecule has 0 unspecified atom stereocenters. The molecule has 2 aromatic carbocycles. The van der Waals surface area contributed by atoms with Gasteiger partial charge >= 0.3 is 0 Å². The van der Waals surface area contributed by atoms with Gasteiger partial charge in [0.05, 0.1) is 21.7 Å². The number of halogens is 2. The highest BCUT2D eigenvalue weighted by molar-refractivity contribution is 7.14. The van der Waals surface area contributed by atoms with Gasteiger partial charge in [0.15, 0.2) is 5.13 Å². The van der Waals surface area contributed by atoms with Gasteiger partial charge in [-0.1, -0.05) is 41.4 Å². The summed E-state index contributed by atoms with van der Waals surface area (Å²) in [7, 11) is 0. The molecule has 1 heterocycles. The van der Waals surface area contributed by atoms with Crippen molar-refractivity contribution in [2.45, 2.75) is 0 Å². The maximum atomic E-state index is 10.7. The molecule has 23 heavy (non-hydrogen) atoms. The summed E-state index contributed by atoms with van der Waals surface area (Å²) in [5, 5.41) is 17.4. The van der Waals surface area contributed by atoms with Crippen molar-refractivity contribution in [2.24, 2.45) is 0 Å². The molecule has 0 radical (unpaired) electrons. The molecule has 3 aromatic rings. The minimum Gasteiger partial charge on any atom is -0.545 e. The molecule has 0 atom stereocenters. The topological polar surface area (TPSA) is 65.0 Å². The van der Waals surface area contributed by atoms with Crippen LogP contribution in [0.2, 0.25) is 10.0 Å². The molecule has 0 fully saturated rings. The van der Waals surface area contributed by atoms with Crippen molar-refractivity contribution >= 4 is 51.3 Å². The lowest BCUT2D eigenvalue weighted by molar-refractivity contribution is -0.255. The Bertz CT molecular complexity index is 863. The fraction of sp³-hybridized carbons (Fsp3) is 0. The Labute approximate surface area is 146 Å². The van der Waals surface area contributed by atoms with Gasteiger partial charge in [0.25, 0.3) is 0 Å². The Balaban J connectivity index is 1.79. The largest absolute Gasteiger partial charge is 0.545 e. The summed E-state index contributed by atoms with van der Waals surface area (Å²) < 4.78 is 0. The zero-order chi connectivity index (χ0) is 16.4. The van der Waals surface area contributed by atoms with E-state index in [9.17, 15) is 9.90 Å². The number of anilines is 2. The Morgan fingerprint density at radius 2 is 1.83 bits per heavy atom. The van der Waals surface area contributed by atoms with Crippen molar-refractivity contribution in [3.05, 3.63) is 63.5 Å². The third kappa shape index (κ3) is 3.64. The smallest absolute Gasteiger partial charge is 0.187 e. The molecule has 0 saturated carbocycles. The van der Waals surface area contributed by atoms with E-state index in [0.717, 1.165) is 16.9 Å². The van der Waals surface area contributed by atoms with E-state index in [1.807, 2.05) is 11.4 Å². The lowest BCUT2D eigenvalue weighted by atomic mass is 10.2. The van der Waals surface area contributed by atoms with E-state index in [1.165, 1.54) is 23.5 Å². The van der Waals surface area contributed by atoms with Gasteiger partial charge in [-0.15, -0.1) is 11.3 Å². The number of carboxylic acids is 1.